The number of hydrogen-bond acceptors (Lipinski definition) is 3. The lowest BCUT2D eigenvalue weighted by Gasteiger charge is -2.25. The first kappa shape index (κ1) is 16.6. The third-order valence-electron chi connectivity index (χ3n) is 4.96. The summed E-state index contributed by atoms with van der Waals surface area (Å²) in [6, 6.07) is 11.9. The van der Waals surface area contributed by atoms with Crippen LogP contribution < -0.4 is 0 Å². The monoisotopic (exact) mass is 349 g/mol. The van der Waals surface area contributed by atoms with Crippen molar-refractivity contribution in [3.8, 4) is 5.69 Å². The van der Waals surface area contributed by atoms with Crippen molar-refractivity contribution in [1.29, 1.82) is 0 Å². The highest BCUT2D eigenvalue weighted by Gasteiger charge is 2.29. The number of amides is 1. The number of nitrogens with zero attached hydrogens (tertiary/aromatic N) is 5. The van der Waals surface area contributed by atoms with Crippen molar-refractivity contribution in [3.05, 3.63) is 65.7 Å². The van der Waals surface area contributed by atoms with E-state index in [0.717, 1.165) is 48.6 Å². The van der Waals surface area contributed by atoms with E-state index in [1.807, 2.05) is 70.7 Å². The predicted molar refractivity (Wildman–Crippen MR) is 99.3 cm³/mol. The summed E-state index contributed by atoms with van der Waals surface area (Å²) in [5, 5.41) is 8.77. The second-order valence-corrected chi connectivity index (χ2v) is 6.91. The Morgan fingerprint density at radius 2 is 2.04 bits per heavy atom. The maximum Gasteiger partial charge on any atom is 0.254 e. The van der Waals surface area contributed by atoms with E-state index in [0.29, 0.717) is 0 Å². The highest BCUT2D eigenvalue weighted by Crippen LogP contribution is 2.22. The van der Waals surface area contributed by atoms with E-state index in [1.54, 1.807) is 6.20 Å². The Kier molecular flexibility index (Phi) is 4.32. The van der Waals surface area contributed by atoms with Gasteiger partial charge in [0, 0.05) is 30.2 Å². The lowest BCUT2D eigenvalue weighted by molar-refractivity contribution is 0.0721. The summed E-state index contributed by atoms with van der Waals surface area (Å²) < 4.78 is 3.81. The van der Waals surface area contributed by atoms with E-state index < -0.39 is 0 Å². The van der Waals surface area contributed by atoms with Crippen molar-refractivity contribution in [2.24, 2.45) is 0 Å². The summed E-state index contributed by atoms with van der Waals surface area (Å²) in [6.07, 6.45) is 5.79. The van der Waals surface area contributed by atoms with Gasteiger partial charge in [-0.2, -0.15) is 10.2 Å². The number of aryl methyl sites for hydroxylation is 2. The summed E-state index contributed by atoms with van der Waals surface area (Å²) in [6.45, 7) is 5.57. The fraction of sp³-hybridized carbons (Fsp3) is 0.350. The van der Waals surface area contributed by atoms with Crippen LogP contribution in [0.15, 0.2) is 48.8 Å². The topological polar surface area (TPSA) is 56.0 Å². The van der Waals surface area contributed by atoms with Gasteiger partial charge >= 0.3 is 0 Å². The fourth-order valence-corrected chi connectivity index (χ4v) is 3.72. The smallest absolute Gasteiger partial charge is 0.254 e. The Balaban J connectivity index is 1.51. The third kappa shape index (κ3) is 3.14. The van der Waals surface area contributed by atoms with Crippen molar-refractivity contribution in [2.75, 3.05) is 6.54 Å². The van der Waals surface area contributed by atoms with Crippen LogP contribution in [0.3, 0.4) is 0 Å². The van der Waals surface area contributed by atoms with Crippen LogP contribution in [0.4, 0.5) is 0 Å². The number of rotatable bonds is 4. The molecule has 6 heteroatoms. The molecule has 1 fully saturated rings. The molecule has 1 amide bonds. The highest BCUT2D eigenvalue weighted by molar-refractivity contribution is 5.94. The van der Waals surface area contributed by atoms with Crippen molar-refractivity contribution in [3.63, 3.8) is 0 Å². The normalized spacial score (nSPS) is 17.0. The van der Waals surface area contributed by atoms with Crippen molar-refractivity contribution in [1.82, 2.24) is 24.5 Å². The number of aromatic nitrogens is 4. The van der Waals surface area contributed by atoms with Crippen molar-refractivity contribution >= 4 is 5.91 Å². The first-order chi connectivity index (χ1) is 12.6. The van der Waals surface area contributed by atoms with Crippen molar-refractivity contribution in [2.45, 2.75) is 39.3 Å². The van der Waals surface area contributed by atoms with Gasteiger partial charge in [-0.1, -0.05) is 0 Å². The summed E-state index contributed by atoms with van der Waals surface area (Å²) in [5.74, 6) is 0.0968. The molecule has 1 aliphatic rings. The molecular weight excluding hydrogens is 326 g/mol. The molecular formula is C20H23N5O. The molecule has 1 atom stereocenters. The molecule has 26 heavy (non-hydrogen) atoms. The Morgan fingerprint density at radius 1 is 1.23 bits per heavy atom. The molecule has 0 radical (unpaired) electrons. The maximum absolute atomic E-state index is 13.0. The van der Waals surface area contributed by atoms with Crippen LogP contribution in [-0.2, 0) is 6.54 Å². The zero-order valence-corrected chi connectivity index (χ0v) is 15.2. The second kappa shape index (κ2) is 6.78. The molecule has 1 aromatic carbocycles. The quantitative estimate of drug-likeness (QED) is 0.728. The van der Waals surface area contributed by atoms with E-state index in [2.05, 4.69) is 10.2 Å². The van der Waals surface area contributed by atoms with Gasteiger partial charge < -0.3 is 4.90 Å². The van der Waals surface area contributed by atoms with Crippen LogP contribution in [-0.4, -0.2) is 43.0 Å². The van der Waals surface area contributed by atoms with Crippen LogP contribution in [0.5, 0.6) is 0 Å². The van der Waals surface area contributed by atoms with E-state index >= 15 is 0 Å². The summed E-state index contributed by atoms with van der Waals surface area (Å²) in [5.41, 5.74) is 3.77. The average molecular weight is 349 g/mol. The summed E-state index contributed by atoms with van der Waals surface area (Å²) in [7, 11) is 0. The van der Waals surface area contributed by atoms with E-state index in [-0.39, 0.29) is 11.9 Å². The predicted octanol–water partition coefficient (Wildman–Crippen LogP) is 2.99. The molecule has 2 aromatic heterocycles. The SMILES string of the molecule is Cc1cc(C)n(-c2ccc(C(=O)N3CCC[C@@H]3Cn3cccn3)cc2)n1. The lowest BCUT2D eigenvalue weighted by Crippen LogP contribution is -2.38. The molecule has 3 heterocycles. The molecule has 0 saturated carbocycles. The molecule has 3 aromatic rings. The van der Waals surface area contributed by atoms with Crippen LogP contribution in [0, 0.1) is 13.8 Å². The van der Waals surface area contributed by atoms with Gasteiger partial charge in [0.1, 0.15) is 0 Å². The Hall–Kier alpha value is -2.89. The zero-order valence-electron chi connectivity index (χ0n) is 15.2. The van der Waals surface area contributed by atoms with Gasteiger partial charge in [0.15, 0.2) is 0 Å². The molecule has 0 spiro atoms. The third-order valence-corrected chi connectivity index (χ3v) is 4.96. The number of hydrogen-bond donors (Lipinski definition) is 0. The highest BCUT2D eigenvalue weighted by atomic mass is 16.2. The largest absolute Gasteiger partial charge is 0.334 e. The standard InChI is InChI=1S/C20H23N5O/c1-15-13-16(2)25(22-15)18-8-6-17(7-9-18)20(26)24-12-3-5-19(24)14-23-11-4-10-21-23/h4,6-11,13,19H,3,5,12,14H2,1-2H3/t19-/m1/s1. The minimum Gasteiger partial charge on any atom is -0.334 e. The maximum atomic E-state index is 13.0. The van der Waals surface area contributed by atoms with Crippen LogP contribution in [0.2, 0.25) is 0 Å². The van der Waals surface area contributed by atoms with Gasteiger partial charge in [0.05, 0.1) is 24.0 Å². The van der Waals surface area contributed by atoms with Gasteiger partial charge in [0.2, 0.25) is 0 Å². The summed E-state index contributed by atoms with van der Waals surface area (Å²) >= 11 is 0. The van der Waals surface area contributed by atoms with Gasteiger partial charge in [-0.3, -0.25) is 9.48 Å². The van der Waals surface area contributed by atoms with Gasteiger partial charge in [-0.15, -0.1) is 0 Å². The van der Waals surface area contributed by atoms with Gasteiger partial charge in [-0.25, -0.2) is 4.68 Å². The molecule has 0 N–H and O–H groups in total. The molecule has 1 aliphatic heterocycles. The van der Waals surface area contributed by atoms with Gasteiger partial charge in [0.25, 0.3) is 5.91 Å². The summed E-state index contributed by atoms with van der Waals surface area (Å²) in [4.78, 5) is 15.0. The molecule has 0 aliphatic carbocycles. The van der Waals surface area contributed by atoms with E-state index in [4.69, 9.17) is 0 Å². The molecule has 1 saturated heterocycles. The minimum atomic E-state index is 0.0968. The van der Waals surface area contributed by atoms with Gasteiger partial charge in [-0.05, 0) is 63.1 Å². The Morgan fingerprint density at radius 3 is 2.69 bits per heavy atom. The lowest BCUT2D eigenvalue weighted by atomic mass is 10.1. The molecule has 6 nitrogen and oxygen atoms in total. The number of benzene rings is 1. The zero-order chi connectivity index (χ0) is 18.1. The van der Waals surface area contributed by atoms with E-state index in [9.17, 15) is 4.79 Å². The Labute approximate surface area is 153 Å². The molecule has 0 unspecified atom stereocenters. The molecule has 4 rings (SSSR count). The number of carbonyl (C=O) groups is 1. The fourth-order valence-electron chi connectivity index (χ4n) is 3.72. The second-order valence-electron chi connectivity index (χ2n) is 6.91. The number of carbonyl (C=O) groups excluding carboxylic acids is 1. The van der Waals surface area contributed by atoms with Crippen LogP contribution in [0.25, 0.3) is 5.69 Å². The van der Waals surface area contributed by atoms with E-state index in [1.165, 1.54) is 0 Å². The first-order valence-corrected chi connectivity index (χ1v) is 9.04. The van der Waals surface area contributed by atoms with Crippen LogP contribution >= 0.6 is 0 Å². The minimum absolute atomic E-state index is 0.0968. The first-order valence-electron chi connectivity index (χ1n) is 9.04. The number of likely N-dealkylation sites (tertiary alicyclic amines) is 1. The average Bonchev–Trinajstić information content (AvgIpc) is 3.37. The Bertz CT molecular complexity index is 895. The van der Waals surface area contributed by atoms with Crippen LogP contribution in [0.1, 0.15) is 34.6 Å². The van der Waals surface area contributed by atoms with Crippen molar-refractivity contribution < 1.29 is 4.79 Å². The molecule has 0 bridgehead atoms. The molecule has 134 valence electrons.